The average molecular weight is 538 g/mol. The Bertz CT molecular complexity index is 1200. The lowest BCUT2D eigenvalue weighted by molar-refractivity contribution is -0.170. The lowest BCUT2D eigenvalue weighted by atomic mass is 9.96. The molecular weight excluding hydrogens is 508 g/mol. The predicted molar refractivity (Wildman–Crippen MR) is 128 cm³/mol. The Morgan fingerprint density at radius 2 is 1.74 bits per heavy atom. The normalized spacial score (nSPS) is 11.2. The summed E-state index contributed by atoms with van der Waals surface area (Å²) in [5, 5.41) is 33.8. The fourth-order valence-electron chi connectivity index (χ4n) is 3.53. The second kappa shape index (κ2) is 14.0. The van der Waals surface area contributed by atoms with Crippen LogP contribution in [0.5, 0.6) is 0 Å². The van der Waals surface area contributed by atoms with Gasteiger partial charge in [0.25, 0.3) is 0 Å². The van der Waals surface area contributed by atoms with Crippen molar-refractivity contribution in [2.75, 3.05) is 6.54 Å². The highest BCUT2D eigenvalue weighted by atomic mass is 19.2. The molecule has 0 fully saturated rings. The summed E-state index contributed by atoms with van der Waals surface area (Å²) in [6.45, 7) is 4.31. The molecule has 0 aliphatic carbocycles. The van der Waals surface area contributed by atoms with E-state index >= 15 is 0 Å². The summed E-state index contributed by atoms with van der Waals surface area (Å²) in [5.41, 5.74) is -2.39. The number of benzene rings is 1. The molecule has 0 bridgehead atoms. The van der Waals surface area contributed by atoms with E-state index in [1.165, 1.54) is 6.07 Å². The van der Waals surface area contributed by atoms with Gasteiger partial charge in [-0.2, -0.15) is 0 Å². The third kappa shape index (κ3) is 9.75. The van der Waals surface area contributed by atoms with Crippen LogP contribution in [-0.4, -0.2) is 64.9 Å². The van der Waals surface area contributed by atoms with Crippen molar-refractivity contribution in [1.82, 2.24) is 14.5 Å². The topological polar surface area (TPSA) is 166 Å². The van der Waals surface area contributed by atoms with E-state index in [-0.39, 0.29) is 0 Å². The van der Waals surface area contributed by atoms with Gasteiger partial charge in [-0.25, -0.2) is 18.6 Å². The summed E-state index contributed by atoms with van der Waals surface area (Å²) in [6.07, 6.45) is 4.00. The van der Waals surface area contributed by atoms with Gasteiger partial charge < -0.3 is 29.4 Å². The number of imidazole rings is 1. The largest absolute Gasteiger partial charge is 0.481 e. The summed E-state index contributed by atoms with van der Waals surface area (Å²) in [4.78, 5) is 36.6. The maximum absolute atomic E-state index is 14.0. The zero-order chi connectivity index (χ0) is 28.3. The molecule has 0 spiro atoms. The molecule has 0 aliphatic rings. The first-order chi connectivity index (χ1) is 17.9. The molecule has 0 aliphatic heterocycles. The minimum absolute atomic E-state index is 0.327. The highest BCUT2D eigenvalue weighted by Gasteiger charge is 2.40. The molecule has 0 unspecified atom stereocenters. The number of nitrogens with zero attached hydrogens (tertiary/aromatic N) is 3. The molecule has 2 aromatic heterocycles. The van der Waals surface area contributed by atoms with Crippen LogP contribution in [0.2, 0.25) is 0 Å². The van der Waals surface area contributed by atoms with Gasteiger partial charge in [-0.1, -0.05) is 12.1 Å². The van der Waals surface area contributed by atoms with Crippen molar-refractivity contribution in [2.24, 2.45) is 0 Å². The van der Waals surface area contributed by atoms with Gasteiger partial charge in [0.1, 0.15) is 11.5 Å². The van der Waals surface area contributed by atoms with Crippen molar-refractivity contribution < 1.29 is 48.0 Å². The molecule has 3 rings (SSSR count). The second-order valence-corrected chi connectivity index (χ2v) is 8.57. The first-order valence-electron chi connectivity index (χ1n) is 11.5. The summed E-state index contributed by atoms with van der Waals surface area (Å²) in [7, 11) is 0. The molecule has 206 valence electrons. The zero-order valence-electron chi connectivity index (χ0n) is 20.6. The summed E-state index contributed by atoms with van der Waals surface area (Å²) in [5.74, 6) is -4.96. The number of aryl methyl sites for hydroxylation is 2. The lowest BCUT2D eigenvalue weighted by Crippen LogP contribution is -2.42. The summed E-state index contributed by atoms with van der Waals surface area (Å²) >= 11 is 0. The van der Waals surface area contributed by atoms with E-state index in [9.17, 15) is 23.2 Å². The van der Waals surface area contributed by atoms with Gasteiger partial charge in [-0.15, -0.1) is 0 Å². The fourth-order valence-corrected chi connectivity index (χ4v) is 3.53. The molecular formula is C25H29F2N3O8. The molecule has 3 aromatic rings. The van der Waals surface area contributed by atoms with E-state index < -0.39 is 48.0 Å². The number of aromatic nitrogens is 2. The number of carbonyl (C=O) groups is 3. The number of halogens is 2. The van der Waals surface area contributed by atoms with E-state index in [4.69, 9.17) is 24.8 Å². The van der Waals surface area contributed by atoms with Gasteiger partial charge in [0.05, 0.1) is 25.7 Å². The minimum Gasteiger partial charge on any atom is -0.481 e. The number of hydrogen-bond acceptors (Lipinski definition) is 7. The number of carboxylic acids is 3. The van der Waals surface area contributed by atoms with Crippen molar-refractivity contribution in [1.29, 1.82) is 0 Å². The van der Waals surface area contributed by atoms with Crippen molar-refractivity contribution >= 4 is 17.9 Å². The summed E-state index contributed by atoms with van der Waals surface area (Å²) < 4.78 is 35.1. The van der Waals surface area contributed by atoms with Crippen LogP contribution in [0.1, 0.15) is 36.3 Å². The van der Waals surface area contributed by atoms with Crippen LogP contribution in [0.3, 0.4) is 0 Å². The quantitative estimate of drug-likeness (QED) is 0.255. The van der Waals surface area contributed by atoms with Crippen LogP contribution >= 0.6 is 0 Å². The number of furan rings is 1. The number of aliphatic carboxylic acids is 3. The Morgan fingerprint density at radius 1 is 1.05 bits per heavy atom. The van der Waals surface area contributed by atoms with Crippen LogP contribution in [0.25, 0.3) is 0 Å². The van der Waals surface area contributed by atoms with Crippen molar-refractivity contribution in [2.45, 2.75) is 51.4 Å². The highest BCUT2D eigenvalue weighted by Crippen LogP contribution is 2.18. The molecule has 0 saturated carbocycles. The van der Waals surface area contributed by atoms with Crippen molar-refractivity contribution in [3.8, 4) is 0 Å². The van der Waals surface area contributed by atoms with E-state index in [2.05, 4.69) is 9.88 Å². The SMILES string of the molecule is Cc1ccc(CN(CCCn2ccnc2)Cc2cccc(F)c2F)o1.O=C(O)CC(O)(CC(=O)O)C(=O)O. The minimum atomic E-state index is -2.74. The van der Waals surface area contributed by atoms with Crippen LogP contribution in [-0.2, 0) is 34.0 Å². The first kappa shape index (κ1) is 30.1. The molecule has 13 heteroatoms. The Hall–Kier alpha value is -4.10. The molecule has 0 atom stereocenters. The molecule has 0 radical (unpaired) electrons. The smallest absolute Gasteiger partial charge is 0.336 e. The van der Waals surface area contributed by atoms with Crippen LogP contribution in [0.4, 0.5) is 8.78 Å². The fraction of sp³-hybridized carbons (Fsp3) is 0.360. The molecule has 38 heavy (non-hydrogen) atoms. The molecule has 1 aromatic carbocycles. The maximum atomic E-state index is 14.0. The van der Waals surface area contributed by atoms with Crippen molar-refractivity contribution in [3.05, 3.63) is 77.8 Å². The van der Waals surface area contributed by atoms with Gasteiger partial charge >= 0.3 is 17.9 Å². The van der Waals surface area contributed by atoms with Gasteiger partial charge in [0.2, 0.25) is 0 Å². The average Bonchev–Trinajstić information content (AvgIpc) is 3.48. The number of hydrogen-bond donors (Lipinski definition) is 4. The van der Waals surface area contributed by atoms with Gasteiger partial charge in [-0.3, -0.25) is 14.5 Å². The van der Waals surface area contributed by atoms with Gasteiger partial charge in [-0.05, 0) is 31.5 Å². The van der Waals surface area contributed by atoms with Gasteiger partial charge in [0.15, 0.2) is 17.2 Å². The zero-order valence-corrected chi connectivity index (χ0v) is 20.6. The Labute approximate surface area is 216 Å². The Balaban J connectivity index is 0.000000332. The standard InChI is InChI=1S/C19H21F2N3O.C6H8O7/c1-15-6-7-17(25-15)13-24(10-3-9-23-11-8-22-14-23)12-16-4-2-5-18(20)19(16)21;7-3(8)1-6(13,5(11)12)2-4(9)10/h2,4-8,11,14H,3,9-10,12-13H2,1H3;13H,1-2H2,(H,7,8)(H,9,10)(H,11,12). The first-order valence-corrected chi connectivity index (χ1v) is 11.5. The molecule has 0 saturated heterocycles. The molecule has 0 amide bonds. The number of rotatable bonds is 13. The van der Waals surface area contributed by atoms with Crippen molar-refractivity contribution in [3.63, 3.8) is 0 Å². The molecule has 11 nitrogen and oxygen atoms in total. The van der Waals surface area contributed by atoms with Crippen LogP contribution < -0.4 is 0 Å². The summed E-state index contributed by atoms with van der Waals surface area (Å²) in [6, 6.07) is 8.11. The predicted octanol–water partition coefficient (Wildman–Crippen LogP) is 2.91. The molecule has 2 heterocycles. The monoisotopic (exact) mass is 537 g/mol. The molecule has 4 N–H and O–H groups in total. The van der Waals surface area contributed by atoms with E-state index in [0.717, 1.165) is 37.1 Å². The van der Waals surface area contributed by atoms with E-state index in [1.807, 2.05) is 29.8 Å². The van der Waals surface area contributed by atoms with E-state index in [1.54, 1.807) is 18.6 Å². The Kier molecular flexibility index (Phi) is 11.1. The second-order valence-electron chi connectivity index (χ2n) is 8.57. The third-order valence-electron chi connectivity index (χ3n) is 5.34. The van der Waals surface area contributed by atoms with E-state index in [0.29, 0.717) is 18.7 Å². The lowest BCUT2D eigenvalue weighted by Gasteiger charge is -2.22. The maximum Gasteiger partial charge on any atom is 0.336 e. The van der Waals surface area contributed by atoms with Gasteiger partial charge in [0, 0.05) is 37.6 Å². The Morgan fingerprint density at radius 3 is 2.26 bits per heavy atom. The highest BCUT2D eigenvalue weighted by molar-refractivity contribution is 5.88. The third-order valence-corrected chi connectivity index (χ3v) is 5.34. The van der Waals surface area contributed by atoms with Crippen LogP contribution in [0.15, 0.2) is 53.5 Å². The number of aliphatic hydroxyl groups is 1. The number of carboxylic acid groups (broad SMARTS) is 3. The van der Waals surface area contributed by atoms with Crippen LogP contribution in [0, 0.1) is 18.6 Å².